The molecule has 0 aromatic carbocycles. The summed E-state index contributed by atoms with van der Waals surface area (Å²) in [5.41, 5.74) is 0. The first-order valence-corrected chi connectivity index (χ1v) is 12.4. The fraction of sp³-hybridized carbons (Fsp3) is 0.947. The summed E-state index contributed by atoms with van der Waals surface area (Å²) in [6.07, 6.45) is 12.6. The van der Waals surface area contributed by atoms with Crippen molar-refractivity contribution in [3.8, 4) is 0 Å². The van der Waals surface area contributed by atoms with Crippen molar-refractivity contribution in [2.75, 3.05) is 0 Å². The lowest BCUT2D eigenvalue weighted by Gasteiger charge is -2.31. The van der Waals surface area contributed by atoms with Crippen LogP contribution >= 0.6 is 0 Å². The third-order valence-corrected chi connectivity index (χ3v) is 8.98. The van der Waals surface area contributed by atoms with Crippen LogP contribution in [0.25, 0.3) is 0 Å². The molecule has 0 heterocycles. The summed E-state index contributed by atoms with van der Waals surface area (Å²) >= 11 is 0. The van der Waals surface area contributed by atoms with Gasteiger partial charge in [-0.05, 0) is 24.6 Å². The van der Waals surface area contributed by atoms with Crippen molar-refractivity contribution in [1.82, 2.24) is 0 Å². The molecule has 0 radical (unpaired) electrons. The number of carbonyl (C=O) groups excluding carboxylic acids is 1. The lowest BCUT2D eigenvalue weighted by molar-refractivity contribution is -0.135. The standard InChI is InChI=1S/C19H40O2Si/c1-5-9-13-14-15-19(20)21-22(16-10-6-2,17-11-7-3)18-12-8-4/h5-18H2,1-4H3. The molecule has 0 aromatic heterocycles. The van der Waals surface area contributed by atoms with Crippen molar-refractivity contribution in [3.05, 3.63) is 0 Å². The first-order valence-electron chi connectivity index (χ1n) is 9.86. The van der Waals surface area contributed by atoms with Crippen molar-refractivity contribution in [2.45, 2.75) is 116 Å². The molecule has 0 atom stereocenters. The number of carbonyl (C=O) groups is 1. The molecule has 0 aliphatic heterocycles. The summed E-state index contributed by atoms with van der Waals surface area (Å²) in [6, 6.07) is 3.55. The monoisotopic (exact) mass is 328 g/mol. The van der Waals surface area contributed by atoms with Crippen molar-refractivity contribution in [3.63, 3.8) is 0 Å². The van der Waals surface area contributed by atoms with Gasteiger partial charge in [-0.15, -0.1) is 0 Å². The van der Waals surface area contributed by atoms with Crippen molar-refractivity contribution < 1.29 is 9.22 Å². The van der Waals surface area contributed by atoms with Crippen LogP contribution in [0.2, 0.25) is 18.1 Å². The van der Waals surface area contributed by atoms with Gasteiger partial charge in [0.25, 0.3) is 14.3 Å². The van der Waals surface area contributed by atoms with E-state index in [1.807, 2.05) is 0 Å². The maximum absolute atomic E-state index is 12.3. The molecule has 0 aromatic rings. The maximum Gasteiger partial charge on any atom is 0.292 e. The Hall–Kier alpha value is -0.313. The molecule has 0 saturated heterocycles. The second-order valence-corrected chi connectivity index (χ2v) is 10.8. The van der Waals surface area contributed by atoms with Crippen LogP contribution in [0.15, 0.2) is 0 Å². The highest BCUT2D eigenvalue weighted by molar-refractivity contribution is 6.75. The lowest BCUT2D eigenvalue weighted by Crippen LogP contribution is -2.40. The number of hydrogen-bond donors (Lipinski definition) is 0. The van der Waals surface area contributed by atoms with E-state index in [1.54, 1.807) is 0 Å². The van der Waals surface area contributed by atoms with Gasteiger partial charge in [0, 0.05) is 6.42 Å². The molecule has 0 N–H and O–H groups in total. The highest BCUT2D eigenvalue weighted by Gasteiger charge is 2.36. The predicted molar refractivity (Wildman–Crippen MR) is 99.8 cm³/mol. The summed E-state index contributed by atoms with van der Waals surface area (Å²) in [7, 11) is -1.84. The third kappa shape index (κ3) is 10.4. The van der Waals surface area contributed by atoms with E-state index in [2.05, 4.69) is 27.7 Å². The van der Waals surface area contributed by atoms with Crippen molar-refractivity contribution in [1.29, 1.82) is 0 Å². The van der Waals surface area contributed by atoms with Gasteiger partial charge in [-0.1, -0.05) is 85.5 Å². The Bertz CT molecular complexity index is 244. The molecule has 0 rings (SSSR count). The topological polar surface area (TPSA) is 26.3 Å². The third-order valence-electron chi connectivity index (χ3n) is 4.52. The van der Waals surface area contributed by atoms with Gasteiger partial charge in [0.2, 0.25) is 0 Å². The Kier molecular flexibility index (Phi) is 14.1. The highest BCUT2D eigenvalue weighted by Crippen LogP contribution is 2.30. The second-order valence-electron chi connectivity index (χ2n) is 6.78. The van der Waals surface area contributed by atoms with Crippen LogP contribution in [-0.2, 0) is 9.22 Å². The molecule has 22 heavy (non-hydrogen) atoms. The van der Waals surface area contributed by atoms with Crippen LogP contribution in [0.5, 0.6) is 0 Å². The molecule has 0 fully saturated rings. The fourth-order valence-electron chi connectivity index (χ4n) is 3.01. The van der Waals surface area contributed by atoms with E-state index in [1.165, 1.54) is 75.9 Å². The normalized spacial score (nSPS) is 11.6. The Morgan fingerprint density at radius 3 is 1.55 bits per heavy atom. The van der Waals surface area contributed by atoms with Crippen LogP contribution in [0, 0.1) is 0 Å². The van der Waals surface area contributed by atoms with Crippen molar-refractivity contribution in [2.24, 2.45) is 0 Å². The van der Waals surface area contributed by atoms with Gasteiger partial charge < -0.3 is 4.43 Å². The zero-order valence-corrected chi connectivity index (χ0v) is 16.7. The molecule has 132 valence electrons. The van der Waals surface area contributed by atoms with Gasteiger partial charge in [0.15, 0.2) is 0 Å². The van der Waals surface area contributed by atoms with Gasteiger partial charge >= 0.3 is 0 Å². The summed E-state index contributed by atoms with van der Waals surface area (Å²) in [5.74, 6) is 0.103. The molecule has 3 heteroatoms. The quantitative estimate of drug-likeness (QED) is 0.243. The van der Waals surface area contributed by atoms with Crippen LogP contribution < -0.4 is 0 Å². The highest BCUT2D eigenvalue weighted by atomic mass is 28.4. The van der Waals surface area contributed by atoms with Gasteiger partial charge in [-0.3, -0.25) is 4.79 Å². The van der Waals surface area contributed by atoms with E-state index in [0.717, 1.165) is 6.42 Å². The van der Waals surface area contributed by atoms with Crippen LogP contribution in [0.1, 0.15) is 98.3 Å². The maximum atomic E-state index is 12.3. The Morgan fingerprint density at radius 1 is 0.682 bits per heavy atom. The zero-order chi connectivity index (χ0) is 16.7. The minimum absolute atomic E-state index is 0.103. The molecule has 0 bridgehead atoms. The van der Waals surface area contributed by atoms with Crippen LogP contribution in [0.3, 0.4) is 0 Å². The molecule has 0 aliphatic carbocycles. The van der Waals surface area contributed by atoms with Crippen LogP contribution in [-0.4, -0.2) is 14.3 Å². The summed E-state index contributed by atoms with van der Waals surface area (Å²) in [4.78, 5) is 12.3. The largest absolute Gasteiger partial charge is 0.519 e. The number of rotatable bonds is 15. The lowest BCUT2D eigenvalue weighted by atomic mass is 10.2. The summed E-state index contributed by atoms with van der Waals surface area (Å²) in [6.45, 7) is 8.93. The van der Waals surface area contributed by atoms with Gasteiger partial charge in [-0.2, -0.15) is 0 Å². The Labute approximate surface area is 140 Å². The first kappa shape index (κ1) is 21.7. The SMILES string of the molecule is CCCCCCC(=O)O[Si](CCCC)(CCCC)CCCC. The van der Waals surface area contributed by atoms with E-state index in [4.69, 9.17) is 4.43 Å². The Balaban J connectivity index is 4.58. The number of unbranched alkanes of at least 4 members (excludes halogenated alkanes) is 6. The van der Waals surface area contributed by atoms with E-state index in [9.17, 15) is 4.79 Å². The van der Waals surface area contributed by atoms with Crippen molar-refractivity contribution >= 4 is 14.3 Å². The van der Waals surface area contributed by atoms with E-state index in [0.29, 0.717) is 6.42 Å². The minimum atomic E-state index is -1.84. The number of hydrogen-bond acceptors (Lipinski definition) is 2. The molecule has 2 nitrogen and oxygen atoms in total. The first-order chi connectivity index (χ1) is 10.6. The summed E-state index contributed by atoms with van der Waals surface area (Å²) in [5, 5.41) is 0. The van der Waals surface area contributed by atoms with Gasteiger partial charge in [0.05, 0.1) is 0 Å². The second kappa shape index (κ2) is 14.3. The van der Waals surface area contributed by atoms with Gasteiger partial charge in [-0.25, -0.2) is 0 Å². The molecule has 0 saturated carbocycles. The molecular weight excluding hydrogens is 288 g/mol. The average molecular weight is 329 g/mol. The average Bonchev–Trinajstić information content (AvgIpc) is 2.53. The summed E-state index contributed by atoms with van der Waals surface area (Å²) < 4.78 is 6.22. The predicted octanol–water partition coefficient (Wildman–Crippen LogP) is 6.85. The van der Waals surface area contributed by atoms with Gasteiger partial charge in [0.1, 0.15) is 0 Å². The molecule has 0 spiro atoms. The van der Waals surface area contributed by atoms with E-state index >= 15 is 0 Å². The molecule has 0 amide bonds. The van der Waals surface area contributed by atoms with E-state index < -0.39 is 8.32 Å². The Morgan fingerprint density at radius 2 is 1.14 bits per heavy atom. The van der Waals surface area contributed by atoms with Crippen LogP contribution in [0.4, 0.5) is 0 Å². The molecule has 0 unspecified atom stereocenters. The zero-order valence-electron chi connectivity index (χ0n) is 15.7. The van der Waals surface area contributed by atoms with E-state index in [-0.39, 0.29) is 5.97 Å². The molecular formula is C19H40O2Si. The smallest absolute Gasteiger partial charge is 0.292 e. The minimum Gasteiger partial charge on any atom is -0.519 e. The fourth-order valence-corrected chi connectivity index (χ4v) is 7.65. The molecule has 0 aliphatic rings.